The van der Waals surface area contributed by atoms with Gasteiger partial charge in [0, 0.05) is 0 Å². The Hall–Kier alpha value is 0.274. The summed E-state index contributed by atoms with van der Waals surface area (Å²) in [5.74, 6) is 0. The van der Waals surface area contributed by atoms with Crippen LogP contribution in [-0.2, 0) is 18.3 Å². The SMILES string of the molecule is CC1OC1OC(C)(C)C1OC1(C)C.[SiH3]O[SiH3]. The van der Waals surface area contributed by atoms with Crippen LogP contribution >= 0.6 is 0 Å². The minimum Gasteiger partial charge on any atom is -0.471 e. The smallest absolute Gasteiger partial charge is 0.184 e. The molecule has 0 N–H and O–H groups in total. The van der Waals surface area contributed by atoms with Gasteiger partial charge in [-0.3, -0.25) is 0 Å². The van der Waals surface area contributed by atoms with E-state index in [-0.39, 0.29) is 29.7 Å². The van der Waals surface area contributed by atoms with Crippen molar-refractivity contribution in [2.24, 2.45) is 0 Å². The lowest BCUT2D eigenvalue weighted by atomic mass is 9.96. The molecule has 0 aromatic heterocycles. The standard InChI is InChI=1S/C10H18O3.H6OSi2/c1-6-7(11-6)12-9(2,3)8-10(4,5)13-8;2-1-3/h6-8H,1-5H3;2-3H3. The first-order valence-corrected chi connectivity index (χ1v) is 7.29. The van der Waals surface area contributed by atoms with E-state index in [1.165, 1.54) is 0 Å². The Bertz CT molecular complexity index is 245. The van der Waals surface area contributed by atoms with Crippen LogP contribution in [0.5, 0.6) is 0 Å². The molecular formula is C10H24O4Si2. The van der Waals surface area contributed by atoms with Crippen LogP contribution in [0.25, 0.3) is 0 Å². The lowest BCUT2D eigenvalue weighted by molar-refractivity contribution is -0.0827. The van der Waals surface area contributed by atoms with E-state index < -0.39 is 0 Å². The summed E-state index contributed by atoms with van der Waals surface area (Å²) in [6.07, 6.45) is 0.424. The van der Waals surface area contributed by atoms with Gasteiger partial charge in [-0.2, -0.15) is 0 Å². The molecule has 4 nitrogen and oxygen atoms in total. The Morgan fingerprint density at radius 2 is 1.62 bits per heavy atom. The monoisotopic (exact) mass is 264 g/mol. The summed E-state index contributed by atoms with van der Waals surface area (Å²) >= 11 is 0. The van der Waals surface area contributed by atoms with Crippen LogP contribution in [0.3, 0.4) is 0 Å². The second kappa shape index (κ2) is 4.87. The van der Waals surface area contributed by atoms with Gasteiger partial charge in [-0.1, -0.05) is 0 Å². The number of rotatable bonds is 3. The lowest BCUT2D eigenvalue weighted by Crippen LogP contribution is -2.36. The third kappa shape index (κ3) is 3.64. The van der Waals surface area contributed by atoms with Gasteiger partial charge in [-0.15, -0.1) is 0 Å². The van der Waals surface area contributed by atoms with Crippen molar-refractivity contribution in [3.63, 3.8) is 0 Å². The molecule has 16 heavy (non-hydrogen) atoms. The van der Waals surface area contributed by atoms with E-state index in [1.807, 2.05) is 6.92 Å². The van der Waals surface area contributed by atoms with E-state index in [1.54, 1.807) is 0 Å². The molecule has 0 amide bonds. The van der Waals surface area contributed by atoms with Gasteiger partial charge in [0.15, 0.2) is 6.29 Å². The van der Waals surface area contributed by atoms with E-state index in [2.05, 4.69) is 31.8 Å². The Balaban J connectivity index is 0.000000386. The first-order chi connectivity index (χ1) is 7.24. The molecule has 3 unspecified atom stereocenters. The quantitative estimate of drug-likeness (QED) is 0.498. The predicted octanol–water partition coefficient (Wildman–Crippen LogP) is -0.732. The highest BCUT2D eigenvalue weighted by Crippen LogP contribution is 2.45. The molecule has 3 atom stereocenters. The van der Waals surface area contributed by atoms with E-state index >= 15 is 0 Å². The molecule has 2 aliphatic heterocycles. The van der Waals surface area contributed by atoms with Crippen molar-refractivity contribution in [3.05, 3.63) is 0 Å². The van der Waals surface area contributed by atoms with Gasteiger partial charge in [-0.05, 0) is 34.6 Å². The Morgan fingerprint density at radius 1 is 1.25 bits per heavy atom. The lowest BCUT2D eigenvalue weighted by Gasteiger charge is -2.22. The third-order valence-corrected chi connectivity index (χ3v) is 2.70. The maximum Gasteiger partial charge on any atom is 0.184 e. The van der Waals surface area contributed by atoms with Crippen LogP contribution in [0.2, 0.25) is 0 Å². The molecule has 6 heteroatoms. The Labute approximate surface area is 104 Å². The highest BCUT2D eigenvalue weighted by atomic mass is 28.3. The number of hydrogen-bond acceptors (Lipinski definition) is 4. The zero-order valence-electron chi connectivity index (χ0n) is 11.4. The second-order valence-electron chi connectivity index (χ2n) is 5.44. The maximum absolute atomic E-state index is 5.77. The van der Waals surface area contributed by atoms with E-state index in [9.17, 15) is 0 Å². The van der Waals surface area contributed by atoms with Crippen molar-refractivity contribution in [3.8, 4) is 0 Å². The summed E-state index contributed by atoms with van der Waals surface area (Å²) in [4.78, 5) is 0. The minimum absolute atomic E-state index is 0.0185. The Kier molecular flexibility index (Phi) is 4.36. The van der Waals surface area contributed by atoms with Gasteiger partial charge < -0.3 is 18.3 Å². The van der Waals surface area contributed by atoms with Crippen molar-refractivity contribution in [2.75, 3.05) is 0 Å². The normalized spacial score (nSPS) is 35.4. The molecule has 0 saturated carbocycles. The van der Waals surface area contributed by atoms with E-state index in [4.69, 9.17) is 14.2 Å². The molecule has 0 aromatic carbocycles. The van der Waals surface area contributed by atoms with Crippen LogP contribution in [0, 0.1) is 0 Å². The molecule has 0 aliphatic carbocycles. The van der Waals surface area contributed by atoms with Gasteiger partial charge in [0.05, 0.1) is 11.2 Å². The van der Waals surface area contributed by atoms with Crippen molar-refractivity contribution in [1.29, 1.82) is 0 Å². The molecule has 2 rings (SSSR count). The summed E-state index contributed by atoms with van der Waals surface area (Å²) in [5.41, 5.74) is -0.263. The molecule has 2 fully saturated rings. The largest absolute Gasteiger partial charge is 0.471 e. The second-order valence-corrected chi connectivity index (χ2v) is 8.71. The van der Waals surface area contributed by atoms with Gasteiger partial charge in [0.2, 0.25) is 0 Å². The molecule has 0 radical (unpaired) electrons. The van der Waals surface area contributed by atoms with Crippen LogP contribution in [0.1, 0.15) is 34.6 Å². The fraction of sp³-hybridized carbons (Fsp3) is 1.00. The minimum atomic E-state index is -0.237. The first-order valence-electron chi connectivity index (χ1n) is 5.66. The van der Waals surface area contributed by atoms with Gasteiger partial charge in [0.25, 0.3) is 0 Å². The fourth-order valence-electron chi connectivity index (χ4n) is 1.90. The van der Waals surface area contributed by atoms with Crippen LogP contribution in [0.4, 0.5) is 0 Å². The zero-order valence-corrected chi connectivity index (χ0v) is 15.4. The molecule has 0 bridgehead atoms. The zero-order chi connectivity index (χ0) is 12.6. The number of epoxide rings is 2. The maximum atomic E-state index is 5.77. The van der Waals surface area contributed by atoms with Crippen molar-refractivity contribution in [1.82, 2.24) is 0 Å². The summed E-state index contributed by atoms with van der Waals surface area (Å²) in [6, 6.07) is 0. The van der Waals surface area contributed by atoms with Crippen molar-refractivity contribution < 1.29 is 18.3 Å². The summed E-state index contributed by atoms with van der Waals surface area (Å²) in [6.45, 7) is 10.3. The summed E-state index contributed by atoms with van der Waals surface area (Å²) in [7, 11) is 1.86. The molecule has 2 saturated heterocycles. The summed E-state index contributed by atoms with van der Waals surface area (Å²) in [5, 5.41) is 0. The van der Waals surface area contributed by atoms with Crippen molar-refractivity contribution in [2.45, 2.75) is 64.3 Å². The molecular weight excluding hydrogens is 240 g/mol. The van der Waals surface area contributed by atoms with Crippen LogP contribution in [0.15, 0.2) is 0 Å². The third-order valence-electron chi connectivity index (χ3n) is 2.70. The van der Waals surface area contributed by atoms with Crippen molar-refractivity contribution >= 4 is 21.0 Å². The van der Waals surface area contributed by atoms with Gasteiger partial charge in [-0.25, -0.2) is 0 Å². The topological polar surface area (TPSA) is 43.5 Å². The summed E-state index contributed by atoms with van der Waals surface area (Å²) < 4.78 is 21.1. The molecule has 0 aromatic rings. The molecule has 96 valence electrons. The first kappa shape index (κ1) is 14.3. The highest BCUT2D eigenvalue weighted by molar-refractivity contribution is 6.15. The molecule has 2 heterocycles. The Morgan fingerprint density at radius 3 is 1.88 bits per heavy atom. The average molecular weight is 264 g/mol. The van der Waals surface area contributed by atoms with Crippen LogP contribution in [-0.4, -0.2) is 50.7 Å². The number of ether oxygens (including phenoxy) is 3. The van der Waals surface area contributed by atoms with E-state index in [0.717, 1.165) is 21.0 Å². The van der Waals surface area contributed by atoms with E-state index in [0.29, 0.717) is 0 Å². The average Bonchev–Trinajstić information content (AvgIpc) is 2.94. The van der Waals surface area contributed by atoms with Crippen LogP contribution < -0.4 is 0 Å². The predicted molar refractivity (Wildman–Crippen MR) is 69.4 cm³/mol. The highest BCUT2D eigenvalue weighted by Gasteiger charge is 2.59. The van der Waals surface area contributed by atoms with Gasteiger partial charge >= 0.3 is 0 Å². The fourth-order valence-corrected chi connectivity index (χ4v) is 1.90. The number of hydrogen-bond donors (Lipinski definition) is 0. The molecule has 2 aliphatic rings. The van der Waals surface area contributed by atoms with Gasteiger partial charge in [0.1, 0.15) is 33.2 Å². The molecule has 0 spiro atoms.